The van der Waals surface area contributed by atoms with Crippen molar-refractivity contribution in [1.82, 2.24) is 15.5 Å². The maximum atomic E-state index is 12.5. The van der Waals surface area contributed by atoms with Gasteiger partial charge >= 0.3 is 6.03 Å². The summed E-state index contributed by atoms with van der Waals surface area (Å²) in [6.45, 7) is 6.04. The Kier molecular flexibility index (Phi) is 7.08. The Balaban J connectivity index is 1.75. The number of nitrogens with one attached hydrogen (secondary N) is 2. The monoisotopic (exact) mass is 377 g/mol. The fraction of sp³-hybridized carbons (Fsp3) is 0.526. The van der Waals surface area contributed by atoms with Gasteiger partial charge in [-0.25, -0.2) is 4.79 Å². The predicted octanol–water partition coefficient (Wildman–Crippen LogP) is 2.70. The van der Waals surface area contributed by atoms with Crippen LogP contribution in [0.4, 0.5) is 4.79 Å². The smallest absolute Gasteiger partial charge is 0.325 e. The van der Waals surface area contributed by atoms with Crippen molar-refractivity contribution in [2.45, 2.75) is 50.5 Å². The van der Waals surface area contributed by atoms with Crippen LogP contribution in [0, 0.1) is 6.92 Å². The SMILES string of the molecule is CCCC[C@@]1(C)NC(=O)N(CC(=O)NCCSc2ccc(C)cc2)C1=O. The highest BCUT2D eigenvalue weighted by Crippen LogP contribution is 2.23. The summed E-state index contributed by atoms with van der Waals surface area (Å²) in [4.78, 5) is 38.8. The second-order valence-corrected chi connectivity index (χ2v) is 7.94. The molecule has 7 heteroatoms. The molecule has 0 saturated carbocycles. The summed E-state index contributed by atoms with van der Waals surface area (Å²) in [7, 11) is 0. The van der Waals surface area contributed by atoms with E-state index in [0.717, 1.165) is 28.4 Å². The number of unbranched alkanes of at least 4 members (excludes halogenated alkanes) is 1. The third kappa shape index (κ3) is 5.24. The number of imide groups is 1. The lowest BCUT2D eigenvalue weighted by molar-refractivity contribution is -0.134. The molecule has 2 N–H and O–H groups in total. The van der Waals surface area contributed by atoms with E-state index in [-0.39, 0.29) is 18.4 Å². The van der Waals surface area contributed by atoms with E-state index in [9.17, 15) is 14.4 Å². The summed E-state index contributed by atoms with van der Waals surface area (Å²) in [5.74, 6) is 0.0845. The molecule has 1 aromatic carbocycles. The first-order valence-corrected chi connectivity index (χ1v) is 9.94. The highest BCUT2D eigenvalue weighted by Gasteiger charge is 2.47. The van der Waals surface area contributed by atoms with Gasteiger partial charge in [-0.05, 0) is 32.4 Å². The van der Waals surface area contributed by atoms with Crippen LogP contribution in [0.1, 0.15) is 38.7 Å². The number of thioether (sulfide) groups is 1. The maximum Gasteiger partial charge on any atom is 0.325 e. The van der Waals surface area contributed by atoms with Crippen LogP contribution in [0.25, 0.3) is 0 Å². The molecular weight excluding hydrogens is 350 g/mol. The number of aryl methyl sites for hydroxylation is 1. The number of hydrogen-bond donors (Lipinski definition) is 2. The molecule has 0 spiro atoms. The highest BCUT2D eigenvalue weighted by atomic mass is 32.2. The molecule has 1 saturated heterocycles. The van der Waals surface area contributed by atoms with Gasteiger partial charge in [0.25, 0.3) is 5.91 Å². The second-order valence-electron chi connectivity index (χ2n) is 6.77. The summed E-state index contributed by atoms with van der Waals surface area (Å²) < 4.78 is 0. The van der Waals surface area contributed by atoms with Gasteiger partial charge in [-0.2, -0.15) is 0 Å². The van der Waals surface area contributed by atoms with Gasteiger partial charge in [-0.15, -0.1) is 11.8 Å². The maximum absolute atomic E-state index is 12.5. The molecule has 0 aromatic heterocycles. The topological polar surface area (TPSA) is 78.5 Å². The Hall–Kier alpha value is -2.02. The van der Waals surface area contributed by atoms with E-state index in [0.29, 0.717) is 13.0 Å². The molecule has 1 heterocycles. The number of carbonyl (C=O) groups excluding carboxylic acids is 3. The van der Waals surface area contributed by atoms with Crippen molar-refractivity contribution in [3.05, 3.63) is 29.8 Å². The molecule has 1 aliphatic rings. The van der Waals surface area contributed by atoms with Gasteiger partial charge in [-0.1, -0.05) is 37.5 Å². The van der Waals surface area contributed by atoms with Crippen LogP contribution < -0.4 is 10.6 Å². The standard InChI is InChI=1S/C19H27N3O3S/c1-4-5-10-19(3)17(24)22(18(25)21-19)13-16(23)20-11-12-26-15-8-6-14(2)7-9-15/h6-9H,4-5,10-13H2,1-3H3,(H,20,23)(H,21,25)/t19-/m1/s1. The molecule has 1 atom stereocenters. The van der Waals surface area contributed by atoms with Crippen molar-refractivity contribution >= 4 is 29.6 Å². The van der Waals surface area contributed by atoms with Crippen LogP contribution in [-0.2, 0) is 9.59 Å². The zero-order valence-corrected chi connectivity index (χ0v) is 16.4. The number of amides is 4. The molecule has 0 radical (unpaired) electrons. The van der Waals surface area contributed by atoms with Crippen LogP contribution in [0.3, 0.4) is 0 Å². The zero-order chi connectivity index (χ0) is 19.2. The quantitative estimate of drug-likeness (QED) is 0.394. The van der Waals surface area contributed by atoms with Crippen LogP contribution in [0.5, 0.6) is 0 Å². The lowest BCUT2D eigenvalue weighted by atomic mass is 9.95. The number of urea groups is 1. The van der Waals surface area contributed by atoms with Crippen molar-refractivity contribution < 1.29 is 14.4 Å². The van der Waals surface area contributed by atoms with Gasteiger partial charge in [-0.3, -0.25) is 14.5 Å². The normalized spacial score (nSPS) is 19.6. The summed E-state index contributed by atoms with van der Waals surface area (Å²) >= 11 is 1.65. The number of hydrogen-bond acceptors (Lipinski definition) is 4. The molecular formula is C19H27N3O3S. The van der Waals surface area contributed by atoms with Crippen LogP contribution in [0.2, 0.25) is 0 Å². The molecule has 0 unspecified atom stereocenters. The molecule has 1 aliphatic heterocycles. The molecule has 6 nitrogen and oxygen atoms in total. The minimum absolute atomic E-state index is 0.235. The first-order chi connectivity index (χ1) is 12.4. The molecule has 142 valence electrons. The van der Waals surface area contributed by atoms with E-state index in [1.165, 1.54) is 5.56 Å². The third-order valence-electron chi connectivity index (χ3n) is 4.39. The lowest BCUT2D eigenvalue weighted by Crippen LogP contribution is -2.45. The Bertz CT molecular complexity index is 662. The van der Waals surface area contributed by atoms with E-state index in [1.807, 2.05) is 38.1 Å². The van der Waals surface area contributed by atoms with Crippen molar-refractivity contribution in [3.63, 3.8) is 0 Å². The fourth-order valence-electron chi connectivity index (χ4n) is 2.78. The first kappa shape index (κ1) is 20.3. The molecule has 1 aromatic rings. The van der Waals surface area contributed by atoms with E-state index in [1.54, 1.807) is 18.7 Å². The molecule has 2 rings (SSSR count). The summed E-state index contributed by atoms with van der Waals surface area (Å²) in [6, 6.07) is 7.71. The minimum Gasteiger partial charge on any atom is -0.354 e. The largest absolute Gasteiger partial charge is 0.354 e. The van der Waals surface area contributed by atoms with E-state index < -0.39 is 11.6 Å². The third-order valence-corrected chi connectivity index (χ3v) is 5.40. The Morgan fingerprint density at radius 3 is 2.62 bits per heavy atom. The highest BCUT2D eigenvalue weighted by molar-refractivity contribution is 7.99. The second kappa shape index (κ2) is 9.07. The number of benzene rings is 1. The summed E-state index contributed by atoms with van der Waals surface area (Å²) in [5, 5.41) is 5.49. The molecule has 4 amide bonds. The van der Waals surface area contributed by atoms with Crippen molar-refractivity contribution in [2.75, 3.05) is 18.8 Å². The van der Waals surface area contributed by atoms with Gasteiger partial charge < -0.3 is 10.6 Å². The molecule has 0 bridgehead atoms. The van der Waals surface area contributed by atoms with Gasteiger partial charge in [0.1, 0.15) is 12.1 Å². The van der Waals surface area contributed by atoms with Crippen LogP contribution in [0.15, 0.2) is 29.2 Å². The van der Waals surface area contributed by atoms with E-state index >= 15 is 0 Å². The molecule has 1 fully saturated rings. The van der Waals surface area contributed by atoms with Gasteiger partial charge in [0.2, 0.25) is 5.91 Å². The minimum atomic E-state index is -0.894. The van der Waals surface area contributed by atoms with Crippen molar-refractivity contribution in [1.29, 1.82) is 0 Å². The first-order valence-electron chi connectivity index (χ1n) is 8.96. The van der Waals surface area contributed by atoms with Crippen LogP contribution in [-0.4, -0.2) is 47.1 Å². The lowest BCUT2D eigenvalue weighted by Gasteiger charge is -2.21. The van der Waals surface area contributed by atoms with E-state index in [2.05, 4.69) is 10.6 Å². The Morgan fingerprint density at radius 1 is 1.27 bits per heavy atom. The van der Waals surface area contributed by atoms with Crippen molar-refractivity contribution in [2.24, 2.45) is 0 Å². The van der Waals surface area contributed by atoms with E-state index in [4.69, 9.17) is 0 Å². The van der Waals surface area contributed by atoms with Gasteiger partial charge in [0.05, 0.1) is 0 Å². The predicted molar refractivity (Wildman–Crippen MR) is 103 cm³/mol. The van der Waals surface area contributed by atoms with Crippen LogP contribution >= 0.6 is 11.8 Å². The average molecular weight is 378 g/mol. The number of nitrogens with zero attached hydrogens (tertiary/aromatic N) is 1. The Labute approximate surface area is 159 Å². The summed E-state index contributed by atoms with van der Waals surface area (Å²) in [5.41, 5.74) is 0.316. The van der Waals surface area contributed by atoms with Gasteiger partial charge in [0.15, 0.2) is 0 Å². The van der Waals surface area contributed by atoms with Gasteiger partial charge in [0, 0.05) is 17.2 Å². The average Bonchev–Trinajstić information content (AvgIpc) is 2.82. The number of rotatable bonds is 9. The Morgan fingerprint density at radius 2 is 1.96 bits per heavy atom. The molecule has 0 aliphatic carbocycles. The number of carbonyl (C=O) groups is 3. The summed E-state index contributed by atoms with van der Waals surface area (Å²) in [6.07, 6.45) is 2.37. The van der Waals surface area contributed by atoms with Crippen molar-refractivity contribution in [3.8, 4) is 0 Å². The molecule has 26 heavy (non-hydrogen) atoms. The zero-order valence-electron chi connectivity index (χ0n) is 15.6. The fourth-order valence-corrected chi connectivity index (χ4v) is 3.55.